The molecule has 2 amide bonds. The van der Waals surface area contributed by atoms with Crippen molar-refractivity contribution in [2.75, 3.05) is 6.26 Å². The predicted octanol–water partition coefficient (Wildman–Crippen LogP) is 3.45. The first-order valence-corrected chi connectivity index (χ1v) is 10.6. The normalized spacial score (nSPS) is 16.1. The second kappa shape index (κ2) is 7.56. The molecule has 1 fully saturated rings. The lowest BCUT2D eigenvalue weighted by molar-refractivity contribution is -0.123. The number of amides is 2. The fraction of sp³-hybridized carbons (Fsp3) is 0.111. The molecule has 29 heavy (non-hydrogen) atoms. The van der Waals surface area contributed by atoms with Crippen molar-refractivity contribution in [2.45, 2.75) is 11.4 Å². The molecule has 0 saturated carbocycles. The van der Waals surface area contributed by atoms with Crippen molar-refractivity contribution in [2.24, 2.45) is 0 Å². The average Bonchev–Trinajstić information content (AvgIpc) is 2.90. The first kappa shape index (κ1) is 20.9. The van der Waals surface area contributed by atoms with Crippen LogP contribution >= 0.6 is 11.8 Å². The van der Waals surface area contributed by atoms with Crippen molar-refractivity contribution in [3.05, 3.63) is 63.8 Å². The molecule has 0 aliphatic carbocycles. The number of carbonyl (C=O) groups excluding carboxylic acids is 2. The quantitative estimate of drug-likeness (QED) is 0.728. The molecule has 1 heterocycles. The van der Waals surface area contributed by atoms with Gasteiger partial charge in [-0.05, 0) is 35.5 Å². The van der Waals surface area contributed by atoms with E-state index in [1.165, 1.54) is 24.3 Å². The van der Waals surface area contributed by atoms with Crippen molar-refractivity contribution >= 4 is 38.8 Å². The van der Waals surface area contributed by atoms with Gasteiger partial charge in [0.15, 0.2) is 27.2 Å². The summed E-state index contributed by atoms with van der Waals surface area (Å²) in [4.78, 5) is 25.1. The summed E-state index contributed by atoms with van der Waals surface area (Å²) in [6, 6.07) is 5.88. The van der Waals surface area contributed by atoms with Crippen LogP contribution in [0.5, 0.6) is 5.75 Å². The van der Waals surface area contributed by atoms with E-state index in [4.69, 9.17) is 0 Å². The van der Waals surface area contributed by atoms with E-state index in [0.717, 1.165) is 11.2 Å². The smallest absolute Gasteiger partial charge is 0.293 e. The number of halogens is 3. The van der Waals surface area contributed by atoms with Gasteiger partial charge in [-0.1, -0.05) is 12.1 Å². The molecule has 0 aromatic heterocycles. The molecule has 1 aliphatic heterocycles. The fourth-order valence-corrected chi connectivity index (χ4v) is 4.06. The summed E-state index contributed by atoms with van der Waals surface area (Å²) in [6.07, 6.45) is 1.72. The van der Waals surface area contributed by atoms with E-state index in [9.17, 15) is 36.3 Å². The number of thioether (sulfide) groups is 1. The maximum atomic E-state index is 14.0. The molecule has 0 spiro atoms. The molecule has 3 rings (SSSR count). The molecule has 1 aliphatic rings. The summed E-state index contributed by atoms with van der Waals surface area (Å²) in [7, 11) is -3.50. The van der Waals surface area contributed by atoms with Crippen LogP contribution in [0.15, 0.2) is 40.1 Å². The zero-order chi connectivity index (χ0) is 21.5. The van der Waals surface area contributed by atoms with Crippen molar-refractivity contribution < 1.29 is 36.3 Å². The van der Waals surface area contributed by atoms with Gasteiger partial charge in [-0.15, -0.1) is 0 Å². The molecule has 0 unspecified atom stereocenters. The summed E-state index contributed by atoms with van der Waals surface area (Å²) in [5, 5.41) is 8.54. The molecule has 152 valence electrons. The number of hydrogen-bond acceptors (Lipinski definition) is 6. The van der Waals surface area contributed by atoms with Gasteiger partial charge in [0.05, 0.1) is 21.9 Å². The fourth-order valence-electron chi connectivity index (χ4n) is 2.55. The van der Waals surface area contributed by atoms with Gasteiger partial charge in [0, 0.05) is 12.3 Å². The lowest BCUT2D eigenvalue weighted by Gasteiger charge is -2.13. The monoisotopic (exact) mass is 443 g/mol. The van der Waals surface area contributed by atoms with Crippen molar-refractivity contribution in [1.29, 1.82) is 0 Å². The average molecular weight is 443 g/mol. The Morgan fingerprint density at radius 3 is 2.48 bits per heavy atom. The lowest BCUT2D eigenvalue weighted by Crippen LogP contribution is -2.27. The zero-order valence-corrected chi connectivity index (χ0v) is 16.3. The molecule has 6 nitrogen and oxygen atoms in total. The third kappa shape index (κ3) is 4.15. The van der Waals surface area contributed by atoms with Crippen LogP contribution in [0.4, 0.5) is 18.0 Å². The summed E-state index contributed by atoms with van der Waals surface area (Å²) in [5.41, 5.74) is -0.512. The largest absolute Gasteiger partial charge is 0.503 e. The van der Waals surface area contributed by atoms with Crippen LogP contribution in [-0.4, -0.2) is 35.8 Å². The number of imide groups is 1. The Kier molecular flexibility index (Phi) is 5.46. The van der Waals surface area contributed by atoms with E-state index >= 15 is 0 Å². The Morgan fingerprint density at radius 1 is 1.14 bits per heavy atom. The van der Waals surface area contributed by atoms with Gasteiger partial charge in [0.1, 0.15) is 5.82 Å². The van der Waals surface area contributed by atoms with E-state index in [1.54, 1.807) is 0 Å². The molecular formula is C18H12F3NO5S2. The van der Waals surface area contributed by atoms with Gasteiger partial charge in [0.2, 0.25) is 0 Å². The van der Waals surface area contributed by atoms with Crippen molar-refractivity contribution in [1.82, 2.24) is 4.90 Å². The third-order valence-corrected chi connectivity index (χ3v) is 6.02. The highest BCUT2D eigenvalue weighted by Gasteiger charge is 2.35. The van der Waals surface area contributed by atoms with E-state index in [1.807, 2.05) is 0 Å². The topological polar surface area (TPSA) is 91.8 Å². The highest BCUT2D eigenvalue weighted by atomic mass is 32.2. The first-order valence-electron chi connectivity index (χ1n) is 7.90. The van der Waals surface area contributed by atoms with Crippen LogP contribution in [-0.2, 0) is 21.2 Å². The summed E-state index contributed by atoms with van der Waals surface area (Å²) in [5.74, 6) is -6.74. The number of sulfone groups is 1. The molecule has 1 N–H and O–H groups in total. The maximum absolute atomic E-state index is 14.0. The minimum absolute atomic E-state index is 0.00319. The summed E-state index contributed by atoms with van der Waals surface area (Å²) < 4.78 is 64.3. The number of phenolic OH excluding ortho intramolecular Hbond substituents is 1. The molecule has 2 aromatic rings. The van der Waals surface area contributed by atoms with Crippen LogP contribution in [0.2, 0.25) is 0 Å². The minimum atomic E-state index is -3.50. The molecule has 0 radical (unpaired) electrons. The number of nitrogens with zero attached hydrogens (tertiary/aromatic N) is 1. The van der Waals surface area contributed by atoms with Gasteiger partial charge >= 0.3 is 0 Å². The van der Waals surface area contributed by atoms with Crippen LogP contribution in [0.1, 0.15) is 11.1 Å². The molecule has 0 bridgehead atoms. The Bertz CT molecular complexity index is 1180. The highest BCUT2D eigenvalue weighted by Crippen LogP contribution is 2.35. The molecule has 2 aromatic carbocycles. The highest BCUT2D eigenvalue weighted by molar-refractivity contribution is 8.18. The van der Waals surface area contributed by atoms with Gasteiger partial charge in [-0.25, -0.2) is 21.6 Å². The Labute approximate surface area is 167 Å². The van der Waals surface area contributed by atoms with E-state index in [0.29, 0.717) is 23.4 Å². The molecule has 1 saturated heterocycles. The Hall–Kier alpha value is -2.79. The number of benzene rings is 2. The summed E-state index contributed by atoms with van der Waals surface area (Å²) >= 11 is 0.405. The first-order chi connectivity index (χ1) is 13.5. The van der Waals surface area contributed by atoms with E-state index < -0.39 is 49.7 Å². The second-order valence-electron chi connectivity index (χ2n) is 6.10. The standard InChI is InChI=1S/C18H12F3NO5S2/c1-29(26,27)10-4-2-3-9(5-10)8-22-17(24)14(28-18(22)25)6-11-12(19)7-13(20)16(23)15(11)21/h2-7,23H,8H2,1H3/b14-6-. The van der Waals surface area contributed by atoms with Crippen molar-refractivity contribution in [3.63, 3.8) is 0 Å². The number of aromatic hydroxyl groups is 1. The molecule has 11 heteroatoms. The zero-order valence-electron chi connectivity index (χ0n) is 14.6. The van der Waals surface area contributed by atoms with Gasteiger partial charge in [-0.2, -0.15) is 0 Å². The SMILES string of the molecule is CS(=O)(=O)c1cccc(CN2C(=O)S/C(=C\c3c(F)cc(F)c(O)c3F)C2=O)c1. The summed E-state index contributed by atoms with van der Waals surface area (Å²) in [6.45, 7) is -0.259. The van der Waals surface area contributed by atoms with Gasteiger partial charge in [-0.3, -0.25) is 14.5 Å². The van der Waals surface area contributed by atoms with Gasteiger partial charge in [0.25, 0.3) is 11.1 Å². The number of phenols is 1. The second-order valence-corrected chi connectivity index (χ2v) is 9.11. The number of carbonyl (C=O) groups is 2. The predicted molar refractivity (Wildman–Crippen MR) is 99.0 cm³/mol. The van der Waals surface area contributed by atoms with Crippen LogP contribution in [0.25, 0.3) is 6.08 Å². The maximum Gasteiger partial charge on any atom is 0.293 e. The van der Waals surface area contributed by atoms with E-state index in [-0.39, 0.29) is 22.4 Å². The minimum Gasteiger partial charge on any atom is -0.503 e. The van der Waals surface area contributed by atoms with Crippen LogP contribution in [0, 0.1) is 17.5 Å². The third-order valence-electron chi connectivity index (χ3n) is 4.00. The van der Waals surface area contributed by atoms with E-state index in [2.05, 4.69) is 0 Å². The Balaban J connectivity index is 1.92. The van der Waals surface area contributed by atoms with Crippen LogP contribution in [0.3, 0.4) is 0 Å². The molecule has 0 atom stereocenters. The Morgan fingerprint density at radius 2 is 1.83 bits per heavy atom. The van der Waals surface area contributed by atoms with Gasteiger partial charge < -0.3 is 5.11 Å². The number of hydrogen-bond donors (Lipinski definition) is 1. The lowest BCUT2D eigenvalue weighted by atomic mass is 10.1. The van der Waals surface area contributed by atoms with Crippen LogP contribution < -0.4 is 0 Å². The number of rotatable bonds is 4. The van der Waals surface area contributed by atoms with Crippen molar-refractivity contribution in [3.8, 4) is 5.75 Å². The molecular weight excluding hydrogens is 431 g/mol.